The van der Waals surface area contributed by atoms with Gasteiger partial charge in [-0.25, -0.2) is 13.2 Å². The Morgan fingerprint density at radius 3 is 2.12 bits per heavy atom. The molecule has 40 heavy (non-hydrogen) atoms. The van der Waals surface area contributed by atoms with Gasteiger partial charge in [0.15, 0.2) is 0 Å². The first-order chi connectivity index (χ1) is 19.1. The molecule has 2 aromatic rings. The van der Waals surface area contributed by atoms with Crippen molar-refractivity contribution in [3.05, 3.63) is 82.2 Å². The van der Waals surface area contributed by atoms with Gasteiger partial charge in [0.2, 0.25) is 0 Å². The van der Waals surface area contributed by atoms with Crippen molar-refractivity contribution in [3.63, 3.8) is 0 Å². The average Bonchev–Trinajstić information content (AvgIpc) is 2.92. The van der Waals surface area contributed by atoms with Crippen molar-refractivity contribution < 1.29 is 26.3 Å². The Kier molecular flexibility index (Phi) is 10.8. The summed E-state index contributed by atoms with van der Waals surface area (Å²) in [6, 6.07) is 10.7. The lowest BCUT2D eigenvalue weighted by Gasteiger charge is -2.29. The predicted molar refractivity (Wildman–Crippen MR) is 149 cm³/mol. The van der Waals surface area contributed by atoms with Gasteiger partial charge in [0.1, 0.15) is 17.5 Å². The quantitative estimate of drug-likeness (QED) is 0.199. The predicted octanol–water partition coefficient (Wildman–Crippen LogP) is 11.3. The Morgan fingerprint density at radius 2 is 1.50 bits per heavy atom. The maximum absolute atomic E-state index is 15.0. The van der Waals surface area contributed by atoms with E-state index in [4.69, 9.17) is 0 Å². The van der Waals surface area contributed by atoms with Crippen molar-refractivity contribution in [1.82, 2.24) is 0 Å². The summed E-state index contributed by atoms with van der Waals surface area (Å²) in [5.41, 5.74) is 3.03. The minimum atomic E-state index is -4.67. The summed E-state index contributed by atoms with van der Waals surface area (Å²) in [6.45, 7) is 2.23. The number of unbranched alkanes of at least 4 members (excludes halogenated alkanes) is 2. The largest absolute Gasteiger partial charge is 0.412 e. The number of aryl methyl sites for hydroxylation is 2. The van der Waals surface area contributed by atoms with Crippen molar-refractivity contribution in [2.75, 3.05) is 0 Å². The van der Waals surface area contributed by atoms with E-state index in [2.05, 4.69) is 13.0 Å². The highest BCUT2D eigenvalue weighted by Crippen LogP contribution is 2.41. The molecule has 0 atom stereocenters. The summed E-state index contributed by atoms with van der Waals surface area (Å²) in [6.07, 6.45) is 7.38. The third kappa shape index (κ3) is 8.63. The summed E-state index contributed by atoms with van der Waals surface area (Å²) in [5, 5.41) is 0. The molecule has 6 heteroatoms. The smallest absolute Gasteiger partial charge is 0.212 e. The molecule has 2 aliphatic carbocycles. The number of alkyl halides is 3. The van der Waals surface area contributed by atoms with Gasteiger partial charge in [0.25, 0.3) is 0 Å². The summed E-state index contributed by atoms with van der Waals surface area (Å²) < 4.78 is 81.2. The molecule has 0 spiro atoms. The second-order valence-corrected chi connectivity index (χ2v) is 12.0. The molecule has 0 nitrogen and oxygen atoms in total. The molecule has 2 saturated carbocycles. The van der Waals surface area contributed by atoms with E-state index in [1.807, 2.05) is 12.1 Å². The molecule has 4 rings (SSSR count). The third-order valence-electron chi connectivity index (χ3n) is 9.22. The molecule has 0 saturated heterocycles. The van der Waals surface area contributed by atoms with Crippen LogP contribution in [0.25, 0.3) is 0 Å². The van der Waals surface area contributed by atoms with Crippen LogP contribution in [0.5, 0.6) is 0 Å². The van der Waals surface area contributed by atoms with E-state index in [9.17, 15) is 26.3 Å². The zero-order valence-corrected chi connectivity index (χ0v) is 23.5. The fourth-order valence-electron chi connectivity index (χ4n) is 6.78. The molecule has 0 bridgehead atoms. The number of rotatable bonds is 10. The molecule has 0 radical (unpaired) electrons. The van der Waals surface area contributed by atoms with Gasteiger partial charge in [0, 0.05) is 5.92 Å². The minimum absolute atomic E-state index is 0.139. The zero-order valence-electron chi connectivity index (χ0n) is 23.5. The van der Waals surface area contributed by atoms with Gasteiger partial charge in [0.05, 0.1) is 6.08 Å². The minimum Gasteiger partial charge on any atom is -0.212 e. The zero-order chi connectivity index (χ0) is 28.7. The van der Waals surface area contributed by atoms with E-state index in [0.717, 1.165) is 29.9 Å². The molecule has 0 aromatic heterocycles. The normalized spacial score (nSPS) is 24.3. The van der Waals surface area contributed by atoms with Gasteiger partial charge in [-0.15, -0.1) is 0 Å². The maximum atomic E-state index is 15.0. The Bertz CT molecular complexity index is 1120. The first kappa shape index (κ1) is 30.7. The topological polar surface area (TPSA) is 0 Å². The van der Waals surface area contributed by atoms with Crippen LogP contribution in [-0.2, 0) is 12.8 Å². The lowest BCUT2D eigenvalue weighted by molar-refractivity contribution is -0.0820. The molecule has 2 aromatic carbocycles. The highest BCUT2D eigenvalue weighted by Gasteiger charge is 2.31. The number of allylic oxidation sites excluding steroid dienone is 2. The fraction of sp³-hybridized carbons (Fsp3) is 0.588. The third-order valence-corrected chi connectivity index (χ3v) is 9.22. The number of halogens is 6. The van der Waals surface area contributed by atoms with Crippen LogP contribution in [0.2, 0.25) is 0 Å². The molecule has 0 unspecified atom stereocenters. The van der Waals surface area contributed by atoms with Gasteiger partial charge in [-0.1, -0.05) is 56.9 Å². The first-order valence-electron chi connectivity index (χ1n) is 15.1. The highest BCUT2D eigenvalue weighted by molar-refractivity contribution is 5.31. The second kappa shape index (κ2) is 14.1. The van der Waals surface area contributed by atoms with Crippen molar-refractivity contribution in [2.24, 2.45) is 11.8 Å². The Hall–Kier alpha value is -2.24. The molecule has 0 N–H and O–H groups in total. The van der Waals surface area contributed by atoms with Crippen molar-refractivity contribution in [2.45, 2.75) is 115 Å². The van der Waals surface area contributed by atoms with E-state index in [-0.39, 0.29) is 36.5 Å². The Balaban J connectivity index is 1.27. The van der Waals surface area contributed by atoms with Gasteiger partial charge >= 0.3 is 6.18 Å². The van der Waals surface area contributed by atoms with E-state index in [1.165, 1.54) is 44.6 Å². The Morgan fingerprint density at radius 1 is 0.800 bits per heavy atom. The van der Waals surface area contributed by atoms with Gasteiger partial charge in [-0.2, -0.15) is 13.2 Å². The van der Waals surface area contributed by atoms with Crippen LogP contribution < -0.4 is 0 Å². The lowest BCUT2D eigenvalue weighted by atomic mass is 9.77. The lowest BCUT2D eigenvalue weighted by Crippen LogP contribution is -2.16. The van der Waals surface area contributed by atoms with Gasteiger partial charge in [-0.05, 0) is 116 Å². The molecule has 2 aliphatic rings. The van der Waals surface area contributed by atoms with E-state index in [0.29, 0.717) is 42.7 Å². The van der Waals surface area contributed by atoms with Crippen LogP contribution in [0, 0.1) is 23.5 Å². The van der Waals surface area contributed by atoms with Crippen molar-refractivity contribution >= 4 is 0 Å². The second-order valence-electron chi connectivity index (χ2n) is 12.0. The summed E-state index contributed by atoms with van der Waals surface area (Å²) >= 11 is 0. The van der Waals surface area contributed by atoms with Crippen LogP contribution in [0.1, 0.15) is 118 Å². The van der Waals surface area contributed by atoms with Gasteiger partial charge in [-0.3, -0.25) is 0 Å². The Labute approximate surface area is 235 Å². The molecule has 0 heterocycles. The first-order valence-corrected chi connectivity index (χ1v) is 15.1. The van der Waals surface area contributed by atoms with Gasteiger partial charge < -0.3 is 0 Å². The molecular weight excluding hydrogens is 522 g/mol. The average molecular weight is 565 g/mol. The fourth-order valence-corrected chi connectivity index (χ4v) is 6.78. The van der Waals surface area contributed by atoms with Crippen LogP contribution in [0.4, 0.5) is 26.3 Å². The summed E-state index contributed by atoms with van der Waals surface area (Å²) in [5.74, 6) is -1.33. The van der Waals surface area contributed by atoms with Crippen molar-refractivity contribution in [3.8, 4) is 0 Å². The van der Waals surface area contributed by atoms with Crippen molar-refractivity contribution in [1.29, 1.82) is 0 Å². The van der Waals surface area contributed by atoms with E-state index >= 15 is 0 Å². The van der Waals surface area contributed by atoms with Crippen LogP contribution >= 0.6 is 0 Å². The maximum Gasteiger partial charge on any atom is 0.412 e. The molecule has 2 fully saturated rings. The summed E-state index contributed by atoms with van der Waals surface area (Å²) in [4.78, 5) is 0. The van der Waals surface area contributed by atoms with Crippen LogP contribution in [0.3, 0.4) is 0 Å². The molecular formula is C34H42F6. The molecule has 0 aliphatic heterocycles. The number of hydrogen-bond acceptors (Lipinski definition) is 0. The van der Waals surface area contributed by atoms with E-state index in [1.54, 1.807) is 12.1 Å². The number of benzene rings is 2. The summed E-state index contributed by atoms with van der Waals surface area (Å²) in [7, 11) is 0. The van der Waals surface area contributed by atoms with Crippen LogP contribution in [-0.4, -0.2) is 6.18 Å². The molecule has 220 valence electrons. The number of hydrogen-bond donors (Lipinski definition) is 0. The molecule has 0 amide bonds. The van der Waals surface area contributed by atoms with E-state index < -0.39 is 17.9 Å². The monoisotopic (exact) mass is 564 g/mol. The van der Waals surface area contributed by atoms with Crippen LogP contribution in [0.15, 0.2) is 48.3 Å². The standard InChI is InChI=1S/C34H42F6/c1-2-3-4-5-23-6-10-25(11-7-23)29-18-17-27(31(35)21-29)12-8-24-9-19-30(32(36)20-24)26-13-15-28(16-14-26)33(37)22-34(38,39)40/h9,17-23,25-26,28H,2-8,10-16H2,1H3/b33-22-. The highest BCUT2D eigenvalue weighted by atomic mass is 19.4. The SMILES string of the molecule is CCCCCC1CCC(c2ccc(CCc3ccc(C4CCC(/C(F)=C/C(F)(F)F)CC4)c(F)c3)c(F)c2)CC1.